The van der Waals surface area contributed by atoms with Crippen LogP contribution in [0.3, 0.4) is 0 Å². The summed E-state index contributed by atoms with van der Waals surface area (Å²) in [6.07, 6.45) is 4.10. The van der Waals surface area contributed by atoms with Crippen molar-refractivity contribution in [3.8, 4) is 0 Å². The van der Waals surface area contributed by atoms with Crippen LogP contribution >= 0.6 is 11.6 Å². The number of carbonyl (C=O) groups excluding carboxylic acids is 1. The summed E-state index contributed by atoms with van der Waals surface area (Å²) in [6.45, 7) is 2.09. The van der Waals surface area contributed by atoms with E-state index in [1.54, 1.807) is 6.08 Å². The van der Waals surface area contributed by atoms with Gasteiger partial charge >= 0.3 is 5.97 Å². The van der Waals surface area contributed by atoms with Crippen LogP contribution in [-0.4, -0.2) is 13.1 Å². The molecule has 16 heavy (non-hydrogen) atoms. The summed E-state index contributed by atoms with van der Waals surface area (Å²) >= 11 is 5.86. The molecule has 0 saturated heterocycles. The number of hydrogen-bond donors (Lipinski definition) is 0. The van der Waals surface area contributed by atoms with E-state index in [0.29, 0.717) is 5.88 Å². The van der Waals surface area contributed by atoms with Gasteiger partial charge in [0, 0.05) is 12.0 Å². The van der Waals surface area contributed by atoms with Crippen LogP contribution in [-0.2, 0) is 21.8 Å². The predicted octanol–water partition coefficient (Wildman–Crippen LogP) is 3.17. The lowest BCUT2D eigenvalue weighted by molar-refractivity contribution is -0.134. The van der Waals surface area contributed by atoms with Crippen molar-refractivity contribution in [2.24, 2.45) is 0 Å². The van der Waals surface area contributed by atoms with Gasteiger partial charge in [0.1, 0.15) is 0 Å². The lowest BCUT2D eigenvalue weighted by atomic mass is 10.0. The van der Waals surface area contributed by atoms with Gasteiger partial charge in [-0.3, -0.25) is 0 Å². The predicted molar refractivity (Wildman–Crippen MR) is 66.4 cm³/mol. The SMILES string of the molecule is CCc1ccc(/C=C\C(=O)OC)c(CCl)c1. The van der Waals surface area contributed by atoms with Gasteiger partial charge in [0.25, 0.3) is 0 Å². The molecule has 0 amide bonds. The van der Waals surface area contributed by atoms with Crippen LogP contribution in [0.15, 0.2) is 24.3 Å². The van der Waals surface area contributed by atoms with Crippen molar-refractivity contribution in [2.75, 3.05) is 7.11 Å². The molecule has 0 unspecified atom stereocenters. The van der Waals surface area contributed by atoms with Gasteiger partial charge in [0.2, 0.25) is 0 Å². The Kier molecular flexibility index (Phi) is 5.06. The first-order chi connectivity index (χ1) is 7.71. The number of methoxy groups -OCH3 is 1. The average molecular weight is 239 g/mol. The first kappa shape index (κ1) is 12.8. The van der Waals surface area contributed by atoms with Crippen LogP contribution in [0.25, 0.3) is 6.08 Å². The molecule has 1 aromatic carbocycles. The molecule has 0 atom stereocenters. The number of hydrogen-bond acceptors (Lipinski definition) is 2. The minimum Gasteiger partial charge on any atom is -0.466 e. The topological polar surface area (TPSA) is 26.3 Å². The molecule has 1 aromatic rings. The van der Waals surface area contributed by atoms with E-state index < -0.39 is 0 Å². The monoisotopic (exact) mass is 238 g/mol. The van der Waals surface area contributed by atoms with E-state index in [2.05, 4.69) is 17.7 Å². The highest BCUT2D eigenvalue weighted by Gasteiger charge is 2.00. The maximum Gasteiger partial charge on any atom is 0.330 e. The fraction of sp³-hybridized carbons (Fsp3) is 0.308. The summed E-state index contributed by atoms with van der Waals surface area (Å²) in [5, 5.41) is 0. The van der Waals surface area contributed by atoms with Gasteiger partial charge in [0.05, 0.1) is 7.11 Å². The Morgan fingerprint density at radius 3 is 2.81 bits per heavy atom. The fourth-order valence-electron chi connectivity index (χ4n) is 1.38. The number of rotatable bonds is 4. The summed E-state index contributed by atoms with van der Waals surface area (Å²) < 4.78 is 4.53. The van der Waals surface area contributed by atoms with E-state index in [-0.39, 0.29) is 5.97 Å². The normalized spacial score (nSPS) is 10.7. The van der Waals surface area contributed by atoms with E-state index >= 15 is 0 Å². The molecular formula is C13H15ClO2. The lowest BCUT2D eigenvalue weighted by Crippen LogP contribution is -1.94. The highest BCUT2D eigenvalue weighted by atomic mass is 35.5. The van der Waals surface area contributed by atoms with Crippen molar-refractivity contribution in [3.63, 3.8) is 0 Å². The Balaban J connectivity index is 2.95. The molecule has 0 aliphatic carbocycles. The molecule has 0 heterocycles. The standard InChI is InChI=1S/C13H15ClO2/c1-3-10-4-5-11(12(8-10)9-14)6-7-13(15)16-2/h4-8H,3,9H2,1-2H3/b7-6-. The van der Waals surface area contributed by atoms with Crippen molar-refractivity contribution in [3.05, 3.63) is 41.0 Å². The summed E-state index contributed by atoms with van der Waals surface area (Å²) in [7, 11) is 1.36. The van der Waals surface area contributed by atoms with Gasteiger partial charge in [0.15, 0.2) is 0 Å². The minimum atomic E-state index is -0.361. The number of aryl methyl sites for hydroxylation is 1. The first-order valence-corrected chi connectivity index (χ1v) is 5.68. The largest absolute Gasteiger partial charge is 0.466 e. The Bertz CT molecular complexity index is 397. The second kappa shape index (κ2) is 6.33. The number of carbonyl (C=O) groups is 1. The maximum absolute atomic E-state index is 11.0. The summed E-state index contributed by atoms with van der Waals surface area (Å²) in [5.74, 6) is 0.0781. The molecule has 0 N–H and O–H groups in total. The van der Waals surface area contributed by atoms with Crippen molar-refractivity contribution >= 4 is 23.6 Å². The molecule has 0 aliphatic rings. The Morgan fingerprint density at radius 2 is 2.25 bits per heavy atom. The van der Waals surface area contributed by atoms with E-state index in [4.69, 9.17) is 11.6 Å². The van der Waals surface area contributed by atoms with Gasteiger partial charge in [-0.15, -0.1) is 11.6 Å². The third-order valence-corrected chi connectivity index (χ3v) is 2.65. The van der Waals surface area contributed by atoms with Crippen LogP contribution in [0.5, 0.6) is 0 Å². The molecule has 0 aliphatic heterocycles. The molecule has 0 fully saturated rings. The van der Waals surface area contributed by atoms with Gasteiger partial charge in [-0.05, 0) is 29.2 Å². The summed E-state index contributed by atoms with van der Waals surface area (Å²) in [5.41, 5.74) is 3.23. The van der Waals surface area contributed by atoms with Gasteiger partial charge in [-0.1, -0.05) is 25.1 Å². The summed E-state index contributed by atoms with van der Waals surface area (Å²) in [6, 6.07) is 6.06. The Morgan fingerprint density at radius 1 is 1.50 bits per heavy atom. The molecular weight excluding hydrogens is 224 g/mol. The van der Waals surface area contributed by atoms with Gasteiger partial charge < -0.3 is 4.74 Å². The van der Waals surface area contributed by atoms with E-state index in [9.17, 15) is 4.79 Å². The molecule has 0 radical (unpaired) electrons. The molecule has 86 valence electrons. The fourth-order valence-corrected chi connectivity index (χ4v) is 1.61. The van der Waals surface area contributed by atoms with Crippen molar-refractivity contribution in [1.82, 2.24) is 0 Å². The van der Waals surface area contributed by atoms with Gasteiger partial charge in [-0.2, -0.15) is 0 Å². The third-order valence-electron chi connectivity index (χ3n) is 2.36. The molecule has 1 rings (SSSR count). The zero-order valence-corrected chi connectivity index (χ0v) is 10.3. The van der Waals surface area contributed by atoms with Crippen LogP contribution in [0.2, 0.25) is 0 Å². The number of halogens is 1. The Hall–Kier alpha value is -1.28. The average Bonchev–Trinajstić information content (AvgIpc) is 2.35. The molecule has 0 bridgehead atoms. The van der Waals surface area contributed by atoms with Gasteiger partial charge in [-0.25, -0.2) is 4.79 Å². The highest BCUT2D eigenvalue weighted by Crippen LogP contribution is 2.16. The van der Waals surface area contributed by atoms with Crippen LogP contribution in [0.1, 0.15) is 23.6 Å². The lowest BCUT2D eigenvalue weighted by Gasteiger charge is -2.05. The zero-order valence-electron chi connectivity index (χ0n) is 9.50. The van der Waals surface area contributed by atoms with E-state index in [1.807, 2.05) is 12.1 Å². The van der Waals surface area contributed by atoms with Crippen LogP contribution < -0.4 is 0 Å². The number of alkyl halides is 1. The highest BCUT2D eigenvalue weighted by molar-refractivity contribution is 6.17. The summed E-state index contributed by atoms with van der Waals surface area (Å²) in [4.78, 5) is 11.0. The second-order valence-electron chi connectivity index (χ2n) is 3.38. The zero-order chi connectivity index (χ0) is 12.0. The third kappa shape index (κ3) is 3.38. The van der Waals surface area contributed by atoms with Crippen LogP contribution in [0.4, 0.5) is 0 Å². The molecule has 0 saturated carbocycles. The van der Waals surface area contributed by atoms with E-state index in [1.165, 1.54) is 18.7 Å². The maximum atomic E-state index is 11.0. The van der Waals surface area contributed by atoms with E-state index in [0.717, 1.165) is 17.5 Å². The van der Waals surface area contributed by atoms with Crippen molar-refractivity contribution in [2.45, 2.75) is 19.2 Å². The Labute approximate surface area is 101 Å². The van der Waals surface area contributed by atoms with Crippen molar-refractivity contribution < 1.29 is 9.53 Å². The molecule has 2 nitrogen and oxygen atoms in total. The van der Waals surface area contributed by atoms with Crippen molar-refractivity contribution in [1.29, 1.82) is 0 Å². The number of esters is 1. The second-order valence-corrected chi connectivity index (χ2v) is 3.64. The number of ether oxygens (including phenoxy) is 1. The molecule has 0 spiro atoms. The van der Waals surface area contributed by atoms with Crippen LogP contribution in [0, 0.1) is 0 Å². The smallest absolute Gasteiger partial charge is 0.330 e. The first-order valence-electron chi connectivity index (χ1n) is 5.15. The quantitative estimate of drug-likeness (QED) is 0.458. The molecule has 3 heteroatoms. The molecule has 0 aromatic heterocycles. The minimum absolute atomic E-state index is 0.361. The number of benzene rings is 1.